The first kappa shape index (κ1) is 28.3. The summed E-state index contributed by atoms with van der Waals surface area (Å²) in [6.07, 6.45) is -2.52. The van der Waals surface area contributed by atoms with Gasteiger partial charge in [-0.25, -0.2) is 0 Å². The van der Waals surface area contributed by atoms with Gasteiger partial charge in [0.15, 0.2) is 12.1 Å². The fraction of sp³-hybridized carbons (Fsp3) is 0.286. The summed E-state index contributed by atoms with van der Waals surface area (Å²) in [7, 11) is 0. The van der Waals surface area contributed by atoms with Gasteiger partial charge in [-0.15, -0.1) is 0 Å². The maximum absolute atomic E-state index is 10.3. The molecule has 4 atom stereocenters. The number of hydrogen-bond acceptors (Lipinski definition) is 7. The summed E-state index contributed by atoms with van der Waals surface area (Å²) in [5.74, 6) is -0.852. The number of benzene rings is 4. The molecular weight excluding hydrogens is 530 g/mol. The second kappa shape index (κ2) is 12.2. The van der Waals surface area contributed by atoms with Gasteiger partial charge in [-0.1, -0.05) is 126 Å². The quantitative estimate of drug-likeness (QED) is 0.105. The average Bonchev–Trinajstić information content (AvgIpc) is 3.53. The first-order valence-corrected chi connectivity index (χ1v) is 14.2. The van der Waals surface area contributed by atoms with Crippen molar-refractivity contribution in [2.75, 3.05) is 6.61 Å². The Bertz CT molecular complexity index is 1370. The second-order valence-corrected chi connectivity index (χ2v) is 10.9. The molecule has 0 spiro atoms. The smallest absolute Gasteiger partial charge is 0.187 e. The summed E-state index contributed by atoms with van der Waals surface area (Å²) >= 11 is 0. The van der Waals surface area contributed by atoms with Crippen LogP contribution in [-0.2, 0) is 35.9 Å². The Hall–Kier alpha value is -3.85. The zero-order valence-electron chi connectivity index (χ0n) is 23.7. The van der Waals surface area contributed by atoms with Crippen LogP contribution in [0.25, 0.3) is 0 Å². The third-order valence-corrected chi connectivity index (χ3v) is 7.70. The maximum atomic E-state index is 10.3. The van der Waals surface area contributed by atoms with Gasteiger partial charge in [0.1, 0.15) is 29.6 Å². The molecule has 6 rings (SSSR count). The van der Waals surface area contributed by atoms with E-state index in [2.05, 4.69) is 5.16 Å². The highest BCUT2D eigenvalue weighted by Gasteiger charge is 2.57. The van der Waals surface area contributed by atoms with Crippen LogP contribution in [0, 0.1) is 0 Å². The highest BCUT2D eigenvalue weighted by molar-refractivity contribution is 5.90. The highest BCUT2D eigenvalue weighted by atomic mass is 16.8. The van der Waals surface area contributed by atoms with Gasteiger partial charge in [0.2, 0.25) is 0 Å². The van der Waals surface area contributed by atoms with Crippen LogP contribution >= 0.6 is 0 Å². The molecule has 0 unspecified atom stereocenters. The number of nitrogens with zero attached hydrogens (tertiary/aromatic N) is 1. The van der Waals surface area contributed by atoms with E-state index in [-0.39, 0.29) is 12.3 Å². The Morgan fingerprint density at radius 2 is 1.21 bits per heavy atom. The minimum absolute atomic E-state index is 0.0434. The fourth-order valence-corrected chi connectivity index (χ4v) is 5.83. The Labute approximate surface area is 246 Å². The average molecular weight is 566 g/mol. The molecule has 2 fully saturated rings. The van der Waals surface area contributed by atoms with Crippen molar-refractivity contribution in [3.8, 4) is 0 Å². The van der Waals surface area contributed by atoms with Gasteiger partial charge in [-0.05, 0) is 36.1 Å². The van der Waals surface area contributed by atoms with Crippen molar-refractivity contribution in [1.29, 1.82) is 0 Å². The minimum atomic E-state index is -0.993. The topological polar surface area (TPSA) is 78.7 Å². The van der Waals surface area contributed by atoms with Crippen LogP contribution in [0.2, 0.25) is 0 Å². The molecule has 0 aliphatic carbocycles. The summed E-state index contributed by atoms with van der Waals surface area (Å²) < 4.78 is 31.9. The largest absolute Gasteiger partial charge is 0.411 e. The Kier molecular flexibility index (Phi) is 8.20. The fourth-order valence-electron chi connectivity index (χ4n) is 5.83. The molecule has 0 radical (unpaired) electrons. The summed E-state index contributed by atoms with van der Waals surface area (Å²) in [5.41, 5.74) is 3.12. The lowest BCUT2D eigenvalue weighted by molar-refractivity contribution is -0.229. The molecule has 7 nitrogen and oxygen atoms in total. The second-order valence-electron chi connectivity index (χ2n) is 10.9. The van der Waals surface area contributed by atoms with Gasteiger partial charge in [-0.2, -0.15) is 0 Å². The van der Waals surface area contributed by atoms with E-state index >= 15 is 0 Å². The number of fused-ring (bicyclic) bond motifs is 1. The number of oxime groups is 1. The van der Waals surface area contributed by atoms with Gasteiger partial charge in [0, 0.05) is 0 Å². The molecule has 2 saturated heterocycles. The summed E-state index contributed by atoms with van der Waals surface area (Å²) in [6.45, 7) is 4.01. The summed E-state index contributed by atoms with van der Waals surface area (Å²) in [6, 6.07) is 40.0. The zero-order valence-corrected chi connectivity index (χ0v) is 23.7. The molecule has 0 aromatic heterocycles. The van der Waals surface area contributed by atoms with E-state index in [1.54, 1.807) is 0 Å². The van der Waals surface area contributed by atoms with Crippen LogP contribution in [0.5, 0.6) is 0 Å². The highest BCUT2D eigenvalue weighted by Crippen LogP contribution is 2.42. The van der Waals surface area contributed by atoms with Crippen molar-refractivity contribution in [2.45, 2.75) is 56.4 Å². The van der Waals surface area contributed by atoms with Gasteiger partial charge in [0.25, 0.3) is 0 Å². The van der Waals surface area contributed by atoms with Crippen LogP contribution < -0.4 is 0 Å². The van der Waals surface area contributed by atoms with Crippen LogP contribution in [0.3, 0.4) is 0 Å². The molecule has 0 saturated carbocycles. The van der Waals surface area contributed by atoms with Crippen LogP contribution in [0.4, 0.5) is 0 Å². The first-order chi connectivity index (χ1) is 20.5. The number of rotatable bonds is 10. The van der Waals surface area contributed by atoms with E-state index < -0.39 is 36.0 Å². The van der Waals surface area contributed by atoms with Crippen molar-refractivity contribution >= 4 is 5.71 Å². The van der Waals surface area contributed by atoms with Crippen LogP contribution in [0.1, 0.15) is 36.1 Å². The SMILES string of the molecule is CC1(C)O[C@@H]2[C@@H](OCc3ccccc3)O[C@H](C(COC(c3ccccc3)(c3ccccc3)c3ccccc3)=NO)[C@@H]2O1. The van der Waals surface area contributed by atoms with Gasteiger partial charge in [0.05, 0.1) is 13.2 Å². The van der Waals surface area contributed by atoms with E-state index in [0.717, 1.165) is 22.3 Å². The molecule has 2 heterocycles. The Balaban J connectivity index is 1.31. The minimum Gasteiger partial charge on any atom is -0.411 e. The van der Waals surface area contributed by atoms with Gasteiger partial charge in [-0.3, -0.25) is 0 Å². The Morgan fingerprint density at radius 1 is 0.738 bits per heavy atom. The molecule has 4 aromatic rings. The molecule has 0 bridgehead atoms. The van der Waals surface area contributed by atoms with E-state index in [4.69, 9.17) is 23.7 Å². The third-order valence-electron chi connectivity index (χ3n) is 7.70. The van der Waals surface area contributed by atoms with E-state index in [9.17, 15) is 5.21 Å². The van der Waals surface area contributed by atoms with Crippen LogP contribution in [0.15, 0.2) is 126 Å². The van der Waals surface area contributed by atoms with Crippen molar-refractivity contribution in [2.24, 2.45) is 5.16 Å². The lowest BCUT2D eigenvalue weighted by Crippen LogP contribution is -2.41. The van der Waals surface area contributed by atoms with E-state index in [1.807, 2.05) is 135 Å². The van der Waals surface area contributed by atoms with Crippen molar-refractivity contribution in [1.82, 2.24) is 0 Å². The Morgan fingerprint density at radius 3 is 1.71 bits per heavy atom. The maximum Gasteiger partial charge on any atom is 0.187 e. The molecule has 42 heavy (non-hydrogen) atoms. The van der Waals surface area contributed by atoms with E-state index in [1.165, 1.54) is 0 Å². The normalized spacial score (nSPS) is 23.5. The molecule has 7 heteroatoms. The molecule has 4 aromatic carbocycles. The molecule has 0 amide bonds. The predicted octanol–water partition coefficient (Wildman–Crippen LogP) is 6.29. The lowest BCUT2D eigenvalue weighted by atomic mass is 9.80. The third kappa shape index (κ3) is 5.62. The van der Waals surface area contributed by atoms with Crippen LogP contribution in [-0.4, -0.2) is 47.9 Å². The van der Waals surface area contributed by atoms with Gasteiger partial charge < -0.3 is 28.9 Å². The van der Waals surface area contributed by atoms with Gasteiger partial charge >= 0.3 is 0 Å². The first-order valence-electron chi connectivity index (χ1n) is 14.2. The molecule has 2 aliphatic rings. The van der Waals surface area contributed by atoms with E-state index in [0.29, 0.717) is 6.61 Å². The number of hydrogen-bond donors (Lipinski definition) is 1. The monoisotopic (exact) mass is 565 g/mol. The lowest BCUT2D eigenvalue weighted by Gasteiger charge is -2.36. The molecule has 1 N–H and O–H groups in total. The zero-order chi connectivity index (χ0) is 29.0. The molecule has 216 valence electrons. The molecular formula is C35H35NO6. The van der Waals surface area contributed by atoms with Crippen molar-refractivity contribution in [3.63, 3.8) is 0 Å². The summed E-state index contributed by atoms with van der Waals surface area (Å²) in [5, 5.41) is 14.0. The standard InChI is InChI=1S/C35H35NO6/c1-34(2)41-31-30(40-33(32(31)42-34)38-23-25-15-7-3-8-16-25)29(36-37)24-39-35(26-17-9-4-10-18-26,27-19-11-5-12-20-27)28-21-13-6-14-22-28/h3-22,30-33,37H,23-24H2,1-2H3/t30-,31+,32+,33+/m1/s1. The van der Waals surface area contributed by atoms with Crippen molar-refractivity contribution < 1.29 is 28.9 Å². The van der Waals surface area contributed by atoms with Crippen molar-refractivity contribution in [3.05, 3.63) is 144 Å². The number of ether oxygens (including phenoxy) is 5. The molecule has 2 aliphatic heterocycles. The summed E-state index contributed by atoms with van der Waals surface area (Å²) in [4.78, 5) is 0. The predicted molar refractivity (Wildman–Crippen MR) is 158 cm³/mol.